The lowest BCUT2D eigenvalue weighted by Crippen LogP contribution is -2.44. The van der Waals surface area contributed by atoms with Crippen molar-refractivity contribution in [2.24, 2.45) is 11.8 Å². The lowest BCUT2D eigenvalue weighted by molar-refractivity contribution is -0.136. The molecule has 2 aliphatic rings. The Morgan fingerprint density at radius 1 is 0.963 bits per heavy atom. The number of hydrogen-bond acceptors (Lipinski definition) is 2. The number of piperidine rings is 1. The Morgan fingerprint density at radius 2 is 1.63 bits per heavy atom. The molecule has 0 radical (unpaired) electrons. The van der Waals surface area contributed by atoms with E-state index in [4.69, 9.17) is 0 Å². The van der Waals surface area contributed by atoms with E-state index < -0.39 is 0 Å². The summed E-state index contributed by atoms with van der Waals surface area (Å²) in [6.45, 7) is 5.19. The molecule has 2 fully saturated rings. The topological polar surface area (TPSA) is 40.6 Å². The third kappa shape index (κ3) is 5.08. The van der Waals surface area contributed by atoms with Crippen molar-refractivity contribution < 1.29 is 14.0 Å². The Balaban J connectivity index is 1.50. The Hall–Kier alpha value is -1.91. The lowest BCUT2D eigenvalue weighted by atomic mass is 9.94. The minimum atomic E-state index is -0.338. The molecule has 1 aromatic rings. The van der Waals surface area contributed by atoms with Crippen LogP contribution in [-0.4, -0.2) is 47.8 Å². The van der Waals surface area contributed by atoms with Crippen molar-refractivity contribution in [2.45, 2.75) is 51.9 Å². The summed E-state index contributed by atoms with van der Waals surface area (Å²) in [5, 5.41) is 0. The summed E-state index contributed by atoms with van der Waals surface area (Å²) in [4.78, 5) is 29.3. The maximum Gasteiger partial charge on any atom is 0.253 e. The molecule has 0 N–H and O–H groups in total. The lowest BCUT2D eigenvalue weighted by Gasteiger charge is -2.34. The molecule has 0 bridgehead atoms. The molecule has 0 aromatic heterocycles. The molecule has 5 heteroatoms. The molecule has 2 heterocycles. The molecule has 148 valence electrons. The van der Waals surface area contributed by atoms with Crippen LogP contribution in [0.5, 0.6) is 0 Å². The first kappa shape index (κ1) is 19.8. The first-order valence-corrected chi connectivity index (χ1v) is 10.4. The van der Waals surface area contributed by atoms with Crippen LogP contribution in [0.4, 0.5) is 4.39 Å². The van der Waals surface area contributed by atoms with E-state index >= 15 is 0 Å². The van der Waals surface area contributed by atoms with Gasteiger partial charge in [-0.1, -0.05) is 19.8 Å². The highest BCUT2D eigenvalue weighted by molar-refractivity contribution is 5.94. The number of nitrogens with zero attached hydrogens (tertiary/aromatic N) is 2. The number of carbonyl (C=O) groups is 2. The van der Waals surface area contributed by atoms with Crippen molar-refractivity contribution in [3.8, 4) is 0 Å². The Kier molecular flexibility index (Phi) is 6.86. The monoisotopic (exact) mass is 374 g/mol. The van der Waals surface area contributed by atoms with E-state index in [9.17, 15) is 14.0 Å². The van der Waals surface area contributed by atoms with Crippen LogP contribution in [0.25, 0.3) is 0 Å². The van der Waals surface area contributed by atoms with E-state index in [0.717, 1.165) is 44.7 Å². The van der Waals surface area contributed by atoms with E-state index in [2.05, 4.69) is 11.8 Å². The highest BCUT2D eigenvalue weighted by Crippen LogP contribution is 2.26. The molecule has 2 amide bonds. The zero-order chi connectivity index (χ0) is 19.2. The molecule has 3 rings (SSSR count). The van der Waals surface area contributed by atoms with Gasteiger partial charge in [-0.2, -0.15) is 0 Å². The van der Waals surface area contributed by atoms with Gasteiger partial charge in [0.05, 0.1) is 0 Å². The van der Waals surface area contributed by atoms with E-state index in [1.165, 1.54) is 43.5 Å². The van der Waals surface area contributed by atoms with Gasteiger partial charge in [0.1, 0.15) is 5.82 Å². The molecule has 0 saturated carbocycles. The maximum atomic E-state index is 13.0. The van der Waals surface area contributed by atoms with Gasteiger partial charge in [0, 0.05) is 37.7 Å². The van der Waals surface area contributed by atoms with Crippen molar-refractivity contribution >= 4 is 11.8 Å². The summed E-state index contributed by atoms with van der Waals surface area (Å²) < 4.78 is 13.0. The van der Waals surface area contributed by atoms with Crippen LogP contribution in [0, 0.1) is 17.7 Å². The summed E-state index contributed by atoms with van der Waals surface area (Å²) in [5.74, 6) is 0.668. The molecule has 1 aromatic carbocycles. The third-order valence-corrected chi connectivity index (χ3v) is 6.08. The standard InChI is InChI=1S/C22H31FN2O2/c1-2-4-17-5-3-13-24(14-10-17)22(27)19-11-15-25(16-12-19)21(26)18-6-8-20(23)9-7-18/h6-9,17,19H,2-5,10-16H2,1H3. The second-order valence-electron chi connectivity index (χ2n) is 7.98. The minimum Gasteiger partial charge on any atom is -0.342 e. The highest BCUT2D eigenvalue weighted by atomic mass is 19.1. The van der Waals surface area contributed by atoms with Gasteiger partial charge in [-0.05, 0) is 62.3 Å². The largest absolute Gasteiger partial charge is 0.342 e. The molecule has 1 atom stereocenters. The average Bonchev–Trinajstić information content (AvgIpc) is 2.94. The summed E-state index contributed by atoms with van der Waals surface area (Å²) in [6.07, 6.45) is 7.41. The fourth-order valence-electron chi connectivity index (χ4n) is 4.45. The van der Waals surface area contributed by atoms with Gasteiger partial charge in [-0.15, -0.1) is 0 Å². The fourth-order valence-corrected chi connectivity index (χ4v) is 4.45. The van der Waals surface area contributed by atoms with E-state index in [1.807, 2.05) is 0 Å². The van der Waals surface area contributed by atoms with Crippen LogP contribution in [0.2, 0.25) is 0 Å². The van der Waals surface area contributed by atoms with E-state index in [0.29, 0.717) is 18.7 Å². The van der Waals surface area contributed by atoms with Crippen molar-refractivity contribution in [3.63, 3.8) is 0 Å². The van der Waals surface area contributed by atoms with Gasteiger partial charge < -0.3 is 9.80 Å². The normalized spacial score (nSPS) is 21.8. The van der Waals surface area contributed by atoms with Gasteiger partial charge in [0.25, 0.3) is 5.91 Å². The van der Waals surface area contributed by atoms with E-state index in [-0.39, 0.29) is 23.5 Å². The van der Waals surface area contributed by atoms with Gasteiger partial charge in [0.15, 0.2) is 0 Å². The summed E-state index contributed by atoms with van der Waals surface area (Å²) in [7, 11) is 0. The smallest absolute Gasteiger partial charge is 0.253 e. The number of amides is 2. The first-order chi connectivity index (χ1) is 13.1. The molecule has 0 aliphatic carbocycles. The van der Waals surface area contributed by atoms with Gasteiger partial charge in [-0.25, -0.2) is 4.39 Å². The summed E-state index contributed by atoms with van der Waals surface area (Å²) in [5.41, 5.74) is 0.510. The Morgan fingerprint density at radius 3 is 2.30 bits per heavy atom. The van der Waals surface area contributed by atoms with Crippen LogP contribution in [0.3, 0.4) is 0 Å². The molecule has 27 heavy (non-hydrogen) atoms. The van der Waals surface area contributed by atoms with E-state index in [1.54, 1.807) is 4.90 Å². The quantitative estimate of drug-likeness (QED) is 0.796. The second kappa shape index (κ2) is 9.34. The van der Waals surface area contributed by atoms with Gasteiger partial charge in [-0.3, -0.25) is 9.59 Å². The second-order valence-corrected chi connectivity index (χ2v) is 7.98. The maximum absolute atomic E-state index is 13.0. The predicted octanol–water partition coefficient (Wildman–Crippen LogP) is 4.11. The number of halogens is 1. The molecule has 2 aliphatic heterocycles. The third-order valence-electron chi connectivity index (χ3n) is 6.08. The SMILES string of the molecule is CCCC1CCCN(C(=O)C2CCN(C(=O)c3ccc(F)cc3)CC2)CC1. The summed E-state index contributed by atoms with van der Waals surface area (Å²) >= 11 is 0. The molecular weight excluding hydrogens is 343 g/mol. The van der Waals surface area contributed by atoms with Crippen LogP contribution >= 0.6 is 0 Å². The van der Waals surface area contributed by atoms with Crippen LogP contribution in [0.1, 0.15) is 62.2 Å². The fraction of sp³-hybridized carbons (Fsp3) is 0.636. The average molecular weight is 375 g/mol. The highest BCUT2D eigenvalue weighted by Gasteiger charge is 2.31. The minimum absolute atomic E-state index is 0.0324. The molecule has 4 nitrogen and oxygen atoms in total. The molecule has 0 spiro atoms. The number of likely N-dealkylation sites (tertiary alicyclic amines) is 2. The number of benzene rings is 1. The number of rotatable bonds is 4. The molecular formula is C22H31FN2O2. The number of carbonyl (C=O) groups excluding carboxylic acids is 2. The Labute approximate surface area is 161 Å². The first-order valence-electron chi connectivity index (χ1n) is 10.4. The zero-order valence-electron chi connectivity index (χ0n) is 16.3. The van der Waals surface area contributed by atoms with Crippen LogP contribution < -0.4 is 0 Å². The van der Waals surface area contributed by atoms with Crippen molar-refractivity contribution in [2.75, 3.05) is 26.2 Å². The van der Waals surface area contributed by atoms with Crippen molar-refractivity contribution in [1.82, 2.24) is 9.80 Å². The molecule has 1 unspecified atom stereocenters. The van der Waals surface area contributed by atoms with Gasteiger partial charge >= 0.3 is 0 Å². The van der Waals surface area contributed by atoms with Gasteiger partial charge in [0.2, 0.25) is 5.91 Å². The zero-order valence-corrected chi connectivity index (χ0v) is 16.3. The predicted molar refractivity (Wildman–Crippen MR) is 104 cm³/mol. The van der Waals surface area contributed by atoms with Crippen LogP contribution in [-0.2, 0) is 4.79 Å². The summed E-state index contributed by atoms with van der Waals surface area (Å²) in [6, 6.07) is 5.68. The van der Waals surface area contributed by atoms with Crippen molar-refractivity contribution in [1.29, 1.82) is 0 Å². The number of hydrogen-bond donors (Lipinski definition) is 0. The van der Waals surface area contributed by atoms with Crippen molar-refractivity contribution in [3.05, 3.63) is 35.6 Å². The Bertz CT molecular complexity index is 638. The van der Waals surface area contributed by atoms with Crippen LogP contribution in [0.15, 0.2) is 24.3 Å². The molecule has 2 saturated heterocycles.